The van der Waals surface area contributed by atoms with Crippen LogP contribution < -0.4 is 0 Å². The first kappa shape index (κ1) is 14.0. The molecule has 2 rings (SSSR count). The van der Waals surface area contributed by atoms with Gasteiger partial charge in [0.15, 0.2) is 0 Å². The standard InChI is InChI=1S/C15H25NOS/c1-12-10-13(11-18-12)14(17)15(2,3)16-8-6-4-5-7-9-16/h10-11,14,17H,4-9H2,1-3H3. The molecule has 1 aromatic rings. The summed E-state index contributed by atoms with van der Waals surface area (Å²) in [4.78, 5) is 3.74. The van der Waals surface area contributed by atoms with Crippen molar-refractivity contribution < 1.29 is 5.11 Å². The topological polar surface area (TPSA) is 23.5 Å². The summed E-state index contributed by atoms with van der Waals surface area (Å²) in [5.74, 6) is 0. The van der Waals surface area contributed by atoms with Crippen LogP contribution in [0.2, 0.25) is 0 Å². The van der Waals surface area contributed by atoms with Crippen LogP contribution in [0.25, 0.3) is 0 Å². The lowest BCUT2D eigenvalue weighted by molar-refractivity contribution is -0.00979. The lowest BCUT2D eigenvalue weighted by atomic mass is 9.90. The molecule has 1 N–H and O–H groups in total. The highest BCUT2D eigenvalue weighted by molar-refractivity contribution is 7.10. The van der Waals surface area contributed by atoms with Gasteiger partial charge in [-0.15, -0.1) is 11.3 Å². The lowest BCUT2D eigenvalue weighted by Crippen LogP contribution is -2.48. The van der Waals surface area contributed by atoms with Crippen LogP contribution in [0.1, 0.15) is 56.1 Å². The molecule has 1 aromatic heterocycles. The van der Waals surface area contributed by atoms with Crippen molar-refractivity contribution >= 4 is 11.3 Å². The van der Waals surface area contributed by atoms with Gasteiger partial charge < -0.3 is 5.11 Å². The maximum Gasteiger partial charge on any atom is 0.0976 e. The van der Waals surface area contributed by atoms with Gasteiger partial charge in [0.25, 0.3) is 0 Å². The average Bonchev–Trinajstić information content (AvgIpc) is 2.61. The lowest BCUT2D eigenvalue weighted by Gasteiger charge is -2.41. The van der Waals surface area contributed by atoms with Crippen molar-refractivity contribution in [1.29, 1.82) is 0 Å². The van der Waals surface area contributed by atoms with Crippen LogP contribution in [0.5, 0.6) is 0 Å². The quantitative estimate of drug-likeness (QED) is 0.901. The van der Waals surface area contributed by atoms with Crippen LogP contribution >= 0.6 is 11.3 Å². The van der Waals surface area contributed by atoms with Crippen LogP contribution in [-0.2, 0) is 0 Å². The molecular weight excluding hydrogens is 242 g/mol. The Balaban J connectivity index is 2.13. The fourth-order valence-electron chi connectivity index (χ4n) is 2.83. The Bertz CT molecular complexity index is 378. The molecule has 0 aliphatic carbocycles. The molecule has 0 saturated carbocycles. The first-order chi connectivity index (χ1) is 8.51. The summed E-state index contributed by atoms with van der Waals surface area (Å²) in [5, 5.41) is 12.8. The third-order valence-electron chi connectivity index (χ3n) is 4.16. The molecule has 0 amide bonds. The Labute approximate surface area is 115 Å². The van der Waals surface area contributed by atoms with Gasteiger partial charge in [0.1, 0.15) is 0 Å². The maximum atomic E-state index is 10.7. The van der Waals surface area contributed by atoms with Gasteiger partial charge in [0, 0.05) is 10.4 Å². The molecule has 1 unspecified atom stereocenters. The molecule has 2 nitrogen and oxygen atoms in total. The van der Waals surface area contributed by atoms with E-state index < -0.39 is 0 Å². The third kappa shape index (κ3) is 2.95. The Kier molecular flexibility index (Phi) is 4.46. The molecule has 1 aliphatic rings. The minimum absolute atomic E-state index is 0.169. The largest absolute Gasteiger partial charge is 0.386 e. The van der Waals surface area contributed by atoms with E-state index in [0.29, 0.717) is 0 Å². The van der Waals surface area contributed by atoms with Crippen molar-refractivity contribution in [2.45, 2.75) is 58.1 Å². The van der Waals surface area contributed by atoms with Crippen molar-refractivity contribution in [3.8, 4) is 0 Å². The molecule has 102 valence electrons. The summed E-state index contributed by atoms with van der Waals surface area (Å²) in [7, 11) is 0. The van der Waals surface area contributed by atoms with Gasteiger partial charge in [-0.25, -0.2) is 0 Å². The predicted molar refractivity (Wildman–Crippen MR) is 78.1 cm³/mol. The Morgan fingerprint density at radius 1 is 1.22 bits per heavy atom. The average molecular weight is 267 g/mol. The SMILES string of the molecule is Cc1cc(C(O)C(C)(C)N2CCCCCC2)cs1. The van der Waals surface area contributed by atoms with Crippen LogP contribution in [0.15, 0.2) is 11.4 Å². The van der Waals surface area contributed by atoms with Gasteiger partial charge in [0.05, 0.1) is 6.10 Å². The van der Waals surface area contributed by atoms with E-state index in [2.05, 4.69) is 37.1 Å². The van der Waals surface area contributed by atoms with Crippen LogP contribution in [-0.4, -0.2) is 28.6 Å². The molecule has 1 aliphatic heterocycles. The summed E-state index contributed by atoms with van der Waals surface area (Å²) in [6, 6.07) is 2.12. The molecule has 18 heavy (non-hydrogen) atoms. The number of hydrogen-bond donors (Lipinski definition) is 1. The summed E-state index contributed by atoms with van der Waals surface area (Å²) < 4.78 is 0. The normalized spacial score (nSPS) is 20.7. The van der Waals surface area contributed by atoms with E-state index >= 15 is 0 Å². The second-order valence-corrected chi connectivity index (χ2v) is 7.06. The second-order valence-electron chi connectivity index (χ2n) is 5.95. The maximum absolute atomic E-state index is 10.7. The number of rotatable bonds is 3. The Morgan fingerprint density at radius 2 is 1.83 bits per heavy atom. The first-order valence-electron chi connectivity index (χ1n) is 7.00. The zero-order valence-electron chi connectivity index (χ0n) is 11.8. The van der Waals surface area contributed by atoms with E-state index in [1.165, 1.54) is 30.6 Å². The molecule has 2 heterocycles. The van der Waals surface area contributed by atoms with E-state index in [9.17, 15) is 5.11 Å². The van der Waals surface area contributed by atoms with E-state index in [0.717, 1.165) is 18.7 Å². The molecule has 1 saturated heterocycles. The zero-order valence-corrected chi connectivity index (χ0v) is 12.6. The molecule has 1 atom stereocenters. The van der Waals surface area contributed by atoms with Crippen molar-refractivity contribution in [1.82, 2.24) is 4.90 Å². The van der Waals surface area contributed by atoms with E-state index in [4.69, 9.17) is 0 Å². The van der Waals surface area contributed by atoms with Gasteiger partial charge in [-0.2, -0.15) is 0 Å². The minimum Gasteiger partial charge on any atom is -0.386 e. The molecular formula is C15H25NOS. The van der Waals surface area contributed by atoms with E-state index in [-0.39, 0.29) is 11.6 Å². The van der Waals surface area contributed by atoms with Gasteiger partial charge >= 0.3 is 0 Å². The summed E-state index contributed by atoms with van der Waals surface area (Å²) >= 11 is 1.72. The number of likely N-dealkylation sites (tertiary alicyclic amines) is 1. The fraction of sp³-hybridized carbons (Fsp3) is 0.733. The van der Waals surface area contributed by atoms with E-state index in [1.807, 2.05) is 0 Å². The first-order valence-corrected chi connectivity index (χ1v) is 7.88. The number of aliphatic hydroxyl groups excluding tert-OH is 1. The van der Waals surface area contributed by atoms with Crippen molar-refractivity contribution in [3.05, 3.63) is 21.9 Å². The second kappa shape index (κ2) is 5.72. The van der Waals surface area contributed by atoms with Gasteiger partial charge in [-0.05, 0) is 63.7 Å². The van der Waals surface area contributed by atoms with Gasteiger partial charge in [0.2, 0.25) is 0 Å². The molecule has 0 radical (unpaired) electrons. The molecule has 3 heteroatoms. The molecule has 0 bridgehead atoms. The number of nitrogens with zero attached hydrogens (tertiary/aromatic N) is 1. The summed E-state index contributed by atoms with van der Waals surface area (Å²) in [6.07, 6.45) is 4.80. The van der Waals surface area contributed by atoms with Crippen LogP contribution in [0, 0.1) is 6.92 Å². The predicted octanol–water partition coefficient (Wildman–Crippen LogP) is 3.74. The number of thiophene rings is 1. The Morgan fingerprint density at radius 3 is 2.33 bits per heavy atom. The van der Waals surface area contributed by atoms with Gasteiger partial charge in [-0.3, -0.25) is 4.90 Å². The highest BCUT2D eigenvalue weighted by Gasteiger charge is 2.35. The highest BCUT2D eigenvalue weighted by Crippen LogP contribution is 2.34. The number of aryl methyl sites for hydroxylation is 1. The smallest absolute Gasteiger partial charge is 0.0976 e. The molecule has 0 spiro atoms. The number of hydrogen-bond acceptors (Lipinski definition) is 3. The molecule has 0 aromatic carbocycles. The number of aliphatic hydroxyl groups is 1. The van der Waals surface area contributed by atoms with Crippen molar-refractivity contribution in [3.63, 3.8) is 0 Å². The van der Waals surface area contributed by atoms with E-state index in [1.54, 1.807) is 11.3 Å². The summed E-state index contributed by atoms with van der Waals surface area (Å²) in [6.45, 7) is 8.69. The van der Waals surface area contributed by atoms with Crippen molar-refractivity contribution in [2.24, 2.45) is 0 Å². The summed E-state index contributed by atoms with van der Waals surface area (Å²) in [5.41, 5.74) is 0.907. The van der Waals surface area contributed by atoms with Gasteiger partial charge in [-0.1, -0.05) is 12.8 Å². The fourth-order valence-corrected chi connectivity index (χ4v) is 3.56. The highest BCUT2D eigenvalue weighted by atomic mass is 32.1. The van der Waals surface area contributed by atoms with Crippen LogP contribution in [0.4, 0.5) is 0 Å². The minimum atomic E-state index is -0.388. The van der Waals surface area contributed by atoms with Crippen LogP contribution in [0.3, 0.4) is 0 Å². The zero-order chi connectivity index (χ0) is 13.2. The molecule has 1 fully saturated rings. The Hall–Kier alpha value is -0.380. The van der Waals surface area contributed by atoms with Crippen molar-refractivity contribution in [2.75, 3.05) is 13.1 Å². The monoisotopic (exact) mass is 267 g/mol. The third-order valence-corrected chi connectivity index (χ3v) is 5.04.